The van der Waals surface area contributed by atoms with E-state index in [-0.39, 0.29) is 0 Å². The summed E-state index contributed by atoms with van der Waals surface area (Å²) in [4.78, 5) is 0. The van der Waals surface area contributed by atoms with E-state index < -0.39 is 0 Å². The van der Waals surface area contributed by atoms with Crippen LogP contribution in [-0.2, 0) is 0 Å². The van der Waals surface area contributed by atoms with Crippen LogP contribution in [0.1, 0.15) is 51.4 Å². The van der Waals surface area contributed by atoms with Gasteiger partial charge in [-0.05, 0) is 56.4 Å². The fraction of sp³-hybridized carbons (Fsp3) is 1.00. The van der Waals surface area contributed by atoms with Crippen LogP contribution < -0.4 is 5.73 Å². The van der Waals surface area contributed by atoms with Gasteiger partial charge in [-0.15, -0.1) is 0 Å². The molecule has 2 rings (SSSR count). The van der Waals surface area contributed by atoms with Crippen LogP contribution >= 0.6 is 0 Å². The lowest BCUT2D eigenvalue weighted by atomic mass is 9.77. The Kier molecular flexibility index (Phi) is 3.26. The Morgan fingerprint density at radius 2 is 1.85 bits per heavy atom. The third-order valence-corrected chi connectivity index (χ3v) is 4.26. The molecular formula is C12H23N. The molecule has 0 bridgehead atoms. The highest BCUT2D eigenvalue weighted by Crippen LogP contribution is 2.47. The predicted molar refractivity (Wildman–Crippen MR) is 56.5 cm³/mol. The summed E-state index contributed by atoms with van der Waals surface area (Å²) < 4.78 is 0. The molecule has 1 nitrogen and oxygen atoms in total. The van der Waals surface area contributed by atoms with Crippen LogP contribution in [0.4, 0.5) is 0 Å². The zero-order valence-corrected chi connectivity index (χ0v) is 8.67. The van der Waals surface area contributed by atoms with E-state index in [4.69, 9.17) is 5.73 Å². The molecule has 2 saturated carbocycles. The molecule has 0 aromatic rings. The second-order valence-corrected chi connectivity index (χ2v) is 4.98. The van der Waals surface area contributed by atoms with Gasteiger partial charge in [-0.25, -0.2) is 0 Å². The second-order valence-electron chi connectivity index (χ2n) is 4.98. The fourth-order valence-electron chi connectivity index (χ4n) is 3.60. The molecule has 76 valence electrons. The second kappa shape index (κ2) is 4.45. The molecule has 0 amide bonds. The van der Waals surface area contributed by atoms with Crippen LogP contribution in [0, 0.1) is 17.8 Å². The maximum absolute atomic E-state index is 5.57. The van der Waals surface area contributed by atoms with Crippen LogP contribution in [-0.4, -0.2) is 6.54 Å². The Morgan fingerprint density at radius 1 is 1.00 bits per heavy atom. The molecule has 2 fully saturated rings. The molecule has 2 N–H and O–H groups in total. The molecule has 0 spiro atoms. The monoisotopic (exact) mass is 181 g/mol. The normalized spacial score (nSPS) is 39.0. The van der Waals surface area contributed by atoms with Crippen molar-refractivity contribution in [3.63, 3.8) is 0 Å². The predicted octanol–water partition coefficient (Wildman–Crippen LogP) is 2.94. The molecular weight excluding hydrogens is 158 g/mol. The molecule has 0 radical (unpaired) electrons. The third kappa shape index (κ3) is 2.07. The molecule has 3 atom stereocenters. The van der Waals surface area contributed by atoms with Crippen molar-refractivity contribution in [3.05, 3.63) is 0 Å². The van der Waals surface area contributed by atoms with E-state index in [0.29, 0.717) is 0 Å². The van der Waals surface area contributed by atoms with E-state index in [1.807, 2.05) is 0 Å². The lowest BCUT2D eigenvalue weighted by Gasteiger charge is -2.29. The minimum atomic E-state index is 0.897. The van der Waals surface area contributed by atoms with Crippen LogP contribution in [0.15, 0.2) is 0 Å². The van der Waals surface area contributed by atoms with E-state index in [2.05, 4.69) is 0 Å². The van der Waals surface area contributed by atoms with Gasteiger partial charge < -0.3 is 5.73 Å². The average Bonchev–Trinajstić information content (AvgIpc) is 2.58. The third-order valence-electron chi connectivity index (χ3n) is 4.26. The molecule has 2 aliphatic rings. The van der Waals surface area contributed by atoms with Crippen molar-refractivity contribution in [2.45, 2.75) is 51.4 Å². The van der Waals surface area contributed by atoms with Gasteiger partial charge in [-0.3, -0.25) is 0 Å². The molecule has 0 aromatic heterocycles. The highest BCUT2D eigenvalue weighted by molar-refractivity contribution is 4.87. The summed E-state index contributed by atoms with van der Waals surface area (Å²) >= 11 is 0. The zero-order valence-electron chi connectivity index (χ0n) is 8.67. The van der Waals surface area contributed by atoms with Crippen LogP contribution in [0.5, 0.6) is 0 Å². The Morgan fingerprint density at radius 3 is 2.69 bits per heavy atom. The molecule has 0 heterocycles. The summed E-state index contributed by atoms with van der Waals surface area (Å²) in [5.41, 5.74) is 5.57. The Bertz CT molecular complexity index is 155. The summed E-state index contributed by atoms with van der Waals surface area (Å²) in [5.74, 6) is 3.26. The first-order valence-corrected chi connectivity index (χ1v) is 6.12. The minimum absolute atomic E-state index is 0.897. The van der Waals surface area contributed by atoms with Crippen molar-refractivity contribution >= 4 is 0 Å². The molecule has 0 aromatic carbocycles. The van der Waals surface area contributed by atoms with Crippen molar-refractivity contribution in [1.82, 2.24) is 0 Å². The lowest BCUT2D eigenvalue weighted by molar-refractivity contribution is 0.219. The number of hydrogen-bond donors (Lipinski definition) is 1. The number of nitrogens with two attached hydrogens (primary N) is 1. The molecule has 13 heavy (non-hydrogen) atoms. The van der Waals surface area contributed by atoms with E-state index in [0.717, 1.165) is 24.3 Å². The largest absolute Gasteiger partial charge is 0.330 e. The standard InChI is InChI=1S/C12H23N/c13-9-3-5-11-8-7-10-4-1-2-6-12(10)11/h10-12H,1-9,13H2. The van der Waals surface area contributed by atoms with Crippen molar-refractivity contribution in [1.29, 1.82) is 0 Å². The number of fused-ring (bicyclic) bond motifs is 1. The first-order chi connectivity index (χ1) is 6.42. The quantitative estimate of drug-likeness (QED) is 0.711. The number of hydrogen-bond acceptors (Lipinski definition) is 1. The van der Waals surface area contributed by atoms with Gasteiger partial charge >= 0.3 is 0 Å². The van der Waals surface area contributed by atoms with Crippen molar-refractivity contribution in [2.75, 3.05) is 6.54 Å². The average molecular weight is 181 g/mol. The Hall–Kier alpha value is -0.0400. The van der Waals surface area contributed by atoms with Gasteiger partial charge in [0.2, 0.25) is 0 Å². The van der Waals surface area contributed by atoms with Crippen molar-refractivity contribution in [2.24, 2.45) is 23.5 Å². The van der Waals surface area contributed by atoms with E-state index in [1.165, 1.54) is 51.4 Å². The van der Waals surface area contributed by atoms with Gasteiger partial charge in [-0.2, -0.15) is 0 Å². The van der Waals surface area contributed by atoms with Crippen LogP contribution in [0.3, 0.4) is 0 Å². The highest BCUT2D eigenvalue weighted by atomic mass is 14.5. The summed E-state index contributed by atoms with van der Waals surface area (Å²) in [7, 11) is 0. The lowest BCUT2D eigenvalue weighted by Crippen LogP contribution is -2.19. The first kappa shape index (κ1) is 9.51. The summed E-state index contributed by atoms with van der Waals surface area (Å²) in [6.07, 6.45) is 11.8. The van der Waals surface area contributed by atoms with Gasteiger partial charge in [0.25, 0.3) is 0 Å². The molecule has 3 unspecified atom stereocenters. The van der Waals surface area contributed by atoms with E-state index in [9.17, 15) is 0 Å². The van der Waals surface area contributed by atoms with E-state index in [1.54, 1.807) is 0 Å². The van der Waals surface area contributed by atoms with Crippen molar-refractivity contribution in [3.8, 4) is 0 Å². The number of rotatable bonds is 3. The maximum Gasteiger partial charge on any atom is -0.00772 e. The Balaban J connectivity index is 1.84. The van der Waals surface area contributed by atoms with Crippen LogP contribution in [0.25, 0.3) is 0 Å². The van der Waals surface area contributed by atoms with Gasteiger partial charge in [0.1, 0.15) is 0 Å². The summed E-state index contributed by atoms with van der Waals surface area (Å²) in [6.45, 7) is 0.897. The molecule has 2 aliphatic carbocycles. The molecule has 0 saturated heterocycles. The van der Waals surface area contributed by atoms with Gasteiger partial charge in [-0.1, -0.05) is 19.3 Å². The van der Waals surface area contributed by atoms with Crippen molar-refractivity contribution < 1.29 is 0 Å². The van der Waals surface area contributed by atoms with Crippen LogP contribution in [0.2, 0.25) is 0 Å². The first-order valence-electron chi connectivity index (χ1n) is 6.12. The highest BCUT2D eigenvalue weighted by Gasteiger charge is 2.36. The smallest absolute Gasteiger partial charge is 0.00772 e. The summed E-state index contributed by atoms with van der Waals surface area (Å²) in [5, 5.41) is 0. The van der Waals surface area contributed by atoms with Gasteiger partial charge in [0.05, 0.1) is 0 Å². The molecule has 0 aliphatic heterocycles. The maximum atomic E-state index is 5.57. The zero-order chi connectivity index (χ0) is 9.10. The fourth-order valence-corrected chi connectivity index (χ4v) is 3.60. The SMILES string of the molecule is NCCCC1CCC2CCCCC12. The van der Waals surface area contributed by atoms with Gasteiger partial charge in [0, 0.05) is 0 Å². The minimum Gasteiger partial charge on any atom is -0.330 e. The summed E-state index contributed by atoms with van der Waals surface area (Å²) in [6, 6.07) is 0. The topological polar surface area (TPSA) is 26.0 Å². The van der Waals surface area contributed by atoms with Gasteiger partial charge in [0.15, 0.2) is 0 Å². The Labute approximate surface area is 82.1 Å². The van der Waals surface area contributed by atoms with E-state index >= 15 is 0 Å². The molecule has 1 heteroatoms.